The molecule has 3 heterocycles. The van der Waals surface area contributed by atoms with E-state index < -0.39 is 10.0 Å². The van der Waals surface area contributed by atoms with Gasteiger partial charge in [-0.25, -0.2) is 13.4 Å². The highest BCUT2D eigenvalue weighted by Gasteiger charge is 2.29. The van der Waals surface area contributed by atoms with Crippen LogP contribution in [0.5, 0.6) is 0 Å². The minimum Gasteiger partial charge on any atom is -0.370 e. The van der Waals surface area contributed by atoms with E-state index in [1.54, 1.807) is 39.3 Å². The average molecular weight is 561 g/mol. The second kappa shape index (κ2) is 9.65. The lowest BCUT2D eigenvalue weighted by atomic mass is 9.98. The number of hydrogen-bond acceptors (Lipinski definition) is 5. The van der Waals surface area contributed by atoms with Crippen molar-refractivity contribution in [3.05, 3.63) is 76.4 Å². The fourth-order valence-electron chi connectivity index (χ4n) is 4.21. The van der Waals surface area contributed by atoms with Crippen LogP contribution in [-0.2, 0) is 10.0 Å². The lowest BCUT2D eigenvalue weighted by molar-refractivity contribution is 0.282. The molecule has 0 aliphatic carbocycles. The highest BCUT2D eigenvalue weighted by molar-refractivity contribution is 9.10. The van der Waals surface area contributed by atoms with Gasteiger partial charge in [0.15, 0.2) is 5.65 Å². The van der Waals surface area contributed by atoms with E-state index in [9.17, 15) is 8.42 Å². The Morgan fingerprint density at radius 3 is 2.50 bits per heavy atom. The first kappa shape index (κ1) is 23.3. The van der Waals surface area contributed by atoms with Gasteiger partial charge in [0.05, 0.1) is 21.3 Å². The van der Waals surface area contributed by atoms with Gasteiger partial charge in [0.1, 0.15) is 5.82 Å². The number of anilines is 1. The Kier molecular flexibility index (Phi) is 6.61. The van der Waals surface area contributed by atoms with E-state index in [0.717, 1.165) is 34.4 Å². The van der Waals surface area contributed by atoms with E-state index in [2.05, 4.69) is 26.3 Å². The van der Waals surface area contributed by atoms with Crippen LogP contribution in [0.4, 0.5) is 5.82 Å². The van der Waals surface area contributed by atoms with Gasteiger partial charge in [0.2, 0.25) is 10.0 Å². The maximum absolute atomic E-state index is 12.9. The number of sulfonamides is 1. The summed E-state index contributed by atoms with van der Waals surface area (Å²) in [6.07, 6.45) is 3.29. The van der Waals surface area contributed by atoms with Gasteiger partial charge in [-0.05, 0) is 52.9 Å². The van der Waals surface area contributed by atoms with Gasteiger partial charge in [0.25, 0.3) is 0 Å². The minimum atomic E-state index is -3.45. The van der Waals surface area contributed by atoms with E-state index in [1.165, 1.54) is 0 Å². The fourth-order valence-corrected chi connectivity index (χ4v) is 6.28. The summed E-state index contributed by atoms with van der Waals surface area (Å²) in [4.78, 5) is 5.09. The lowest BCUT2D eigenvalue weighted by Crippen LogP contribution is -2.39. The first-order valence-electron chi connectivity index (χ1n) is 11.0. The Hall–Kier alpha value is -2.46. The van der Waals surface area contributed by atoms with Crippen molar-refractivity contribution in [2.45, 2.75) is 17.7 Å². The highest BCUT2D eigenvalue weighted by Crippen LogP contribution is 2.31. The predicted octanol–water partition coefficient (Wildman–Crippen LogP) is 5.33. The van der Waals surface area contributed by atoms with Crippen LogP contribution in [0, 0.1) is 5.92 Å². The zero-order valence-electron chi connectivity index (χ0n) is 18.2. The minimum absolute atomic E-state index is 0.341. The van der Waals surface area contributed by atoms with E-state index >= 15 is 0 Å². The summed E-state index contributed by atoms with van der Waals surface area (Å²) in [7, 11) is -3.45. The van der Waals surface area contributed by atoms with Crippen molar-refractivity contribution in [2.75, 3.05) is 25.0 Å². The topological polar surface area (TPSA) is 79.6 Å². The van der Waals surface area contributed by atoms with Gasteiger partial charge in [-0.15, -0.1) is 0 Å². The van der Waals surface area contributed by atoms with Crippen molar-refractivity contribution < 1.29 is 8.42 Å². The number of piperidine rings is 1. The molecule has 2 aromatic heterocycles. The number of benzene rings is 2. The monoisotopic (exact) mass is 559 g/mol. The zero-order valence-corrected chi connectivity index (χ0v) is 21.4. The molecule has 2 aromatic carbocycles. The molecule has 0 bridgehead atoms. The Balaban J connectivity index is 1.31. The largest absolute Gasteiger partial charge is 0.370 e. The van der Waals surface area contributed by atoms with Crippen molar-refractivity contribution in [1.29, 1.82) is 0 Å². The zero-order chi connectivity index (χ0) is 23.7. The van der Waals surface area contributed by atoms with Gasteiger partial charge < -0.3 is 5.32 Å². The highest BCUT2D eigenvalue weighted by atomic mass is 79.9. The number of fused-ring (bicyclic) bond motifs is 1. The lowest BCUT2D eigenvalue weighted by Gasteiger charge is -2.31. The number of nitrogens with zero attached hydrogens (tertiary/aromatic N) is 4. The Labute approximate surface area is 211 Å². The molecule has 10 heteroatoms. The molecule has 1 aliphatic heterocycles. The van der Waals surface area contributed by atoms with Crippen LogP contribution in [0.3, 0.4) is 0 Å². The Bertz CT molecular complexity index is 1420. The predicted molar refractivity (Wildman–Crippen MR) is 138 cm³/mol. The van der Waals surface area contributed by atoms with E-state index in [1.807, 2.05) is 36.4 Å². The van der Waals surface area contributed by atoms with Gasteiger partial charge in [0, 0.05) is 36.3 Å². The first-order valence-corrected chi connectivity index (χ1v) is 13.6. The van der Waals surface area contributed by atoms with Crippen LogP contribution in [0.15, 0.2) is 76.2 Å². The third kappa shape index (κ3) is 4.57. The molecule has 0 amide bonds. The molecule has 7 nitrogen and oxygen atoms in total. The van der Waals surface area contributed by atoms with E-state index in [4.69, 9.17) is 16.6 Å². The van der Waals surface area contributed by atoms with E-state index in [0.29, 0.717) is 41.1 Å². The molecule has 1 fully saturated rings. The Morgan fingerprint density at radius 2 is 1.76 bits per heavy atom. The van der Waals surface area contributed by atoms with Crippen molar-refractivity contribution in [2.24, 2.45) is 5.92 Å². The normalized spacial score (nSPS) is 15.6. The molecule has 176 valence electrons. The summed E-state index contributed by atoms with van der Waals surface area (Å²) in [6, 6.07) is 18.2. The van der Waals surface area contributed by atoms with Gasteiger partial charge in [-0.3, -0.25) is 0 Å². The maximum Gasteiger partial charge on any atom is 0.243 e. The third-order valence-corrected chi connectivity index (χ3v) is 8.91. The molecule has 0 spiro atoms. The summed E-state index contributed by atoms with van der Waals surface area (Å²) < 4.78 is 29.9. The molecule has 1 aliphatic rings. The van der Waals surface area contributed by atoms with Gasteiger partial charge >= 0.3 is 0 Å². The van der Waals surface area contributed by atoms with Crippen LogP contribution in [0.25, 0.3) is 16.9 Å². The molecule has 5 rings (SSSR count). The van der Waals surface area contributed by atoms with Crippen LogP contribution < -0.4 is 5.32 Å². The van der Waals surface area contributed by atoms with Crippen molar-refractivity contribution in [3.63, 3.8) is 0 Å². The summed E-state index contributed by atoms with van der Waals surface area (Å²) in [6.45, 7) is 1.72. The molecule has 0 saturated carbocycles. The molecule has 0 atom stereocenters. The molecular formula is C24H23BrClN5O2S. The second-order valence-electron chi connectivity index (χ2n) is 8.28. The van der Waals surface area contributed by atoms with Gasteiger partial charge in [-0.2, -0.15) is 13.9 Å². The second-order valence-corrected chi connectivity index (χ2v) is 11.5. The SMILES string of the molecule is O=S(=O)(c1ccccc1)N1CCC(CNc2cc(-c3ccccc3Cl)nc3c(Br)cnn23)CC1. The summed E-state index contributed by atoms with van der Waals surface area (Å²) in [5.41, 5.74) is 2.30. The molecule has 1 saturated heterocycles. The number of aromatic nitrogens is 3. The standard InChI is InChI=1S/C24H23BrClN5O2S/c25-20-16-28-31-23(14-22(29-24(20)31)19-8-4-5-9-21(19)26)27-15-17-10-12-30(13-11-17)34(32,33)18-6-2-1-3-7-18/h1-9,14,16-17,27H,10-13,15H2. The van der Waals surface area contributed by atoms with Crippen LogP contribution in [-0.4, -0.2) is 47.0 Å². The van der Waals surface area contributed by atoms with Crippen molar-refractivity contribution in [3.8, 4) is 11.3 Å². The van der Waals surface area contributed by atoms with Crippen molar-refractivity contribution >= 4 is 49.0 Å². The maximum atomic E-state index is 12.9. The molecule has 34 heavy (non-hydrogen) atoms. The molecule has 0 radical (unpaired) electrons. The molecule has 1 N–H and O–H groups in total. The Morgan fingerprint density at radius 1 is 1.06 bits per heavy atom. The third-order valence-electron chi connectivity index (χ3n) is 6.10. The van der Waals surface area contributed by atoms with E-state index in [-0.39, 0.29) is 0 Å². The first-order chi connectivity index (χ1) is 16.4. The average Bonchev–Trinajstić information content (AvgIpc) is 3.24. The summed E-state index contributed by atoms with van der Waals surface area (Å²) in [5, 5.41) is 8.59. The molecular weight excluding hydrogens is 538 g/mol. The van der Waals surface area contributed by atoms with Crippen LogP contribution in [0.1, 0.15) is 12.8 Å². The van der Waals surface area contributed by atoms with Crippen LogP contribution >= 0.6 is 27.5 Å². The number of hydrogen-bond donors (Lipinski definition) is 1. The number of rotatable bonds is 6. The quantitative estimate of drug-likeness (QED) is 0.345. The molecule has 4 aromatic rings. The van der Waals surface area contributed by atoms with Crippen LogP contribution in [0.2, 0.25) is 5.02 Å². The van der Waals surface area contributed by atoms with Gasteiger partial charge in [-0.1, -0.05) is 48.0 Å². The smallest absolute Gasteiger partial charge is 0.243 e. The van der Waals surface area contributed by atoms with Crippen molar-refractivity contribution in [1.82, 2.24) is 18.9 Å². The fraction of sp³-hybridized carbons (Fsp3) is 0.250. The number of halogens is 2. The number of nitrogens with one attached hydrogen (secondary N) is 1. The summed E-state index contributed by atoms with van der Waals surface area (Å²) in [5.74, 6) is 1.15. The molecule has 0 unspecified atom stereocenters. The summed E-state index contributed by atoms with van der Waals surface area (Å²) >= 11 is 9.95.